The van der Waals surface area contributed by atoms with E-state index in [-0.39, 0.29) is 17.0 Å². The minimum absolute atomic E-state index is 0.204. The van der Waals surface area contributed by atoms with E-state index in [1.807, 2.05) is 30.3 Å². The van der Waals surface area contributed by atoms with Crippen LogP contribution in [0.25, 0.3) is 27.0 Å². The number of halogens is 1. The highest BCUT2D eigenvalue weighted by molar-refractivity contribution is 7.21. The Labute approximate surface area is 164 Å². The van der Waals surface area contributed by atoms with Crippen LogP contribution in [-0.2, 0) is 4.74 Å². The fourth-order valence-electron chi connectivity index (χ4n) is 3.18. The van der Waals surface area contributed by atoms with Crippen molar-refractivity contribution in [2.75, 3.05) is 6.61 Å². The molecule has 0 unspecified atom stereocenters. The Morgan fingerprint density at radius 2 is 1.75 bits per heavy atom. The molecule has 0 saturated heterocycles. The highest BCUT2D eigenvalue weighted by Crippen LogP contribution is 2.40. The van der Waals surface area contributed by atoms with Crippen LogP contribution in [0.15, 0.2) is 71.5 Å². The van der Waals surface area contributed by atoms with E-state index in [1.54, 1.807) is 31.2 Å². The number of esters is 1. The van der Waals surface area contributed by atoms with Crippen molar-refractivity contribution < 1.29 is 13.9 Å². The van der Waals surface area contributed by atoms with E-state index in [4.69, 9.17) is 4.74 Å². The molecular formula is C22H16FNO3S. The first kappa shape index (κ1) is 18.1. The van der Waals surface area contributed by atoms with Crippen LogP contribution in [0.1, 0.15) is 16.6 Å². The number of para-hydroxylation sites is 1. The van der Waals surface area contributed by atoms with Crippen molar-refractivity contribution in [3.63, 3.8) is 0 Å². The van der Waals surface area contributed by atoms with E-state index >= 15 is 0 Å². The molecule has 2 aromatic heterocycles. The average Bonchev–Trinajstić information content (AvgIpc) is 3.08. The molecule has 0 atom stereocenters. The lowest BCUT2D eigenvalue weighted by Crippen LogP contribution is -2.16. The molecular weight excluding hydrogens is 377 g/mol. The minimum atomic E-state index is -0.533. The molecule has 6 heteroatoms. The summed E-state index contributed by atoms with van der Waals surface area (Å²) in [5, 5.41) is 0.626. The molecule has 0 aliphatic carbocycles. The van der Waals surface area contributed by atoms with E-state index in [1.165, 1.54) is 16.7 Å². The maximum Gasteiger partial charge on any atom is 0.349 e. The minimum Gasteiger partial charge on any atom is -0.462 e. The summed E-state index contributed by atoms with van der Waals surface area (Å²) >= 11 is 1.13. The Bertz CT molecular complexity index is 1230. The van der Waals surface area contributed by atoms with Crippen molar-refractivity contribution in [3.05, 3.63) is 87.8 Å². The number of benzene rings is 2. The second kappa shape index (κ2) is 7.40. The van der Waals surface area contributed by atoms with Crippen molar-refractivity contribution in [2.24, 2.45) is 0 Å². The molecule has 0 aliphatic rings. The van der Waals surface area contributed by atoms with Gasteiger partial charge in [-0.05, 0) is 31.2 Å². The number of rotatable bonds is 4. The number of nitrogens with zero attached hydrogens (tertiary/aromatic N) is 1. The summed E-state index contributed by atoms with van der Waals surface area (Å²) in [6, 6.07) is 18.5. The molecule has 0 aliphatic heterocycles. The third kappa shape index (κ3) is 3.01. The average molecular weight is 393 g/mol. The lowest BCUT2D eigenvalue weighted by atomic mass is 10.0. The Hall–Kier alpha value is -3.25. The summed E-state index contributed by atoms with van der Waals surface area (Å²) in [6.45, 7) is 1.92. The molecule has 0 saturated carbocycles. The van der Waals surface area contributed by atoms with Crippen LogP contribution in [0.5, 0.6) is 0 Å². The number of aromatic nitrogens is 1. The van der Waals surface area contributed by atoms with E-state index < -0.39 is 11.8 Å². The molecule has 2 aromatic carbocycles. The topological polar surface area (TPSA) is 48.3 Å². The third-order valence-corrected chi connectivity index (χ3v) is 5.53. The van der Waals surface area contributed by atoms with Crippen LogP contribution < -0.4 is 5.56 Å². The monoisotopic (exact) mass is 393 g/mol. The molecule has 0 fully saturated rings. The summed E-state index contributed by atoms with van der Waals surface area (Å²) < 4.78 is 21.3. The van der Waals surface area contributed by atoms with Crippen molar-refractivity contribution in [2.45, 2.75) is 6.92 Å². The summed E-state index contributed by atoms with van der Waals surface area (Å²) in [5.74, 6) is -0.973. The SMILES string of the molecule is CCOC(=O)c1sc2c(ccc(=O)n2-c2ccccc2)c1-c1ccccc1F. The summed E-state index contributed by atoms with van der Waals surface area (Å²) in [5.41, 5.74) is 1.20. The normalized spacial score (nSPS) is 10.9. The number of pyridine rings is 1. The van der Waals surface area contributed by atoms with Gasteiger partial charge in [-0.25, -0.2) is 9.18 Å². The van der Waals surface area contributed by atoms with Gasteiger partial charge in [-0.3, -0.25) is 9.36 Å². The first-order chi connectivity index (χ1) is 13.6. The molecule has 28 heavy (non-hydrogen) atoms. The molecule has 2 heterocycles. The van der Waals surface area contributed by atoms with Gasteiger partial charge in [0.15, 0.2) is 0 Å². The Morgan fingerprint density at radius 3 is 2.46 bits per heavy atom. The van der Waals surface area contributed by atoms with Crippen LogP contribution in [0.4, 0.5) is 4.39 Å². The first-order valence-electron chi connectivity index (χ1n) is 8.77. The Balaban J connectivity index is 2.10. The summed E-state index contributed by atoms with van der Waals surface area (Å²) in [7, 11) is 0. The fourth-order valence-corrected chi connectivity index (χ4v) is 4.40. The Morgan fingerprint density at radius 1 is 1.04 bits per heavy atom. The molecule has 0 amide bonds. The van der Waals surface area contributed by atoms with Gasteiger partial charge in [0.25, 0.3) is 5.56 Å². The lowest BCUT2D eigenvalue weighted by molar-refractivity contribution is 0.0533. The predicted octanol–water partition coefficient (Wildman–Crippen LogP) is 5.04. The zero-order valence-electron chi connectivity index (χ0n) is 15.0. The van der Waals surface area contributed by atoms with Crippen LogP contribution >= 0.6 is 11.3 Å². The highest BCUT2D eigenvalue weighted by atomic mass is 32.1. The molecule has 0 spiro atoms. The van der Waals surface area contributed by atoms with Gasteiger partial charge >= 0.3 is 5.97 Å². The van der Waals surface area contributed by atoms with E-state index in [9.17, 15) is 14.0 Å². The molecule has 4 rings (SSSR count). The number of hydrogen-bond donors (Lipinski definition) is 0. The van der Waals surface area contributed by atoms with Crippen molar-refractivity contribution in [3.8, 4) is 16.8 Å². The van der Waals surface area contributed by atoms with Gasteiger partial charge < -0.3 is 4.74 Å². The highest BCUT2D eigenvalue weighted by Gasteiger charge is 2.24. The number of thiophene rings is 1. The standard InChI is InChI=1S/C22H16FNO3S/c1-2-27-22(26)20-19(15-10-6-7-11-17(15)23)16-12-13-18(25)24(21(16)28-20)14-8-4-3-5-9-14/h3-13H,2H2,1H3. The second-order valence-corrected chi connectivity index (χ2v) is 7.07. The maximum atomic E-state index is 14.6. The van der Waals surface area contributed by atoms with Gasteiger partial charge in [0, 0.05) is 22.6 Å². The largest absolute Gasteiger partial charge is 0.462 e. The lowest BCUT2D eigenvalue weighted by Gasteiger charge is -2.08. The van der Waals surface area contributed by atoms with Crippen molar-refractivity contribution >= 4 is 27.5 Å². The molecule has 4 aromatic rings. The summed E-state index contributed by atoms with van der Waals surface area (Å²) in [6.07, 6.45) is 0. The Kier molecular flexibility index (Phi) is 4.79. The fraction of sp³-hybridized carbons (Fsp3) is 0.0909. The maximum absolute atomic E-state index is 14.6. The van der Waals surface area contributed by atoms with E-state index in [0.29, 0.717) is 27.0 Å². The van der Waals surface area contributed by atoms with E-state index in [2.05, 4.69) is 0 Å². The number of ether oxygens (including phenoxy) is 1. The first-order valence-corrected chi connectivity index (χ1v) is 9.59. The zero-order valence-corrected chi connectivity index (χ0v) is 15.8. The smallest absolute Gasteiger partial charge is 0.349 e. The molecule has 0 bridgehead atoms. The molecule has 4 nitrogen and oxygen atoms in total. The van der Waals surface area contributed by atoms with Gasteiger partial charge in [-0.2, -0.15) is 0 Å². The second-order valence-electron chi connectivity index (χ2n) is 6.07. The molecule has 140 valence electrons. The summed E-state index contributed by atoms with van der Waals surface area (Å²) in [4.78, 5) is 26.1. The number of hydrogen-bond acceptors (Lipinski definition) is 4. The van der Waals surface area contributed by atoms with Gasteiger partial charge in [-0.1, -0.05) is 36.4 Å². The van der Waals surface area contributed by atoms with Gasteiger partial charge in [0.05, 0.1) is 12.3 Å². The zero-order chi connectivity index (χ0) is 19.7. The number of fused-ring (bicyclic) bond motifs is 1. The number of carbonyl (C=O) groups excluding carboxylic acids is 1. The van der Waals surface area contributed by atoms with Gasteiger partial charge in [0.2, 0.25) is 0 Å². The molecule has 0 N–H and O–H groups in total. The van der Waals surface area contributed by atoms with Crippen LogP contribution in [0.3, 0.4) is 0 Å². The number of carbonyl (C=O) groups is 1. The van der Waals surface area contributed by atoms with Crippen LogP contribution in [0.2, 0.25) is 0 Å². The van der Waals surface area contributed by atoms with E-state index in [0.717, 1.165) is 11.3 Å². The molecule has 0 radical (unpaired) electrons. The van der Waals surface area contributed by atoms with Gasteiger partial charge in [0.1, 0.15) is 15.5 Å². The quantitative estimate of drug-likeness (QED) is 0.457. The van der Waals surface area contributed by atoms with Crippen LogP contribution in [-0.4, -0.2) is 17.1 Å². The third-order valence-electron chi connectivity index (χ3n) is 4.36. The van der Waals surface area contributed by atoms with Crippen LogP contribution in [0, 0.1) is 5.82 Å². The van der Waals surface area contributed by atoms with Crippen molar-refractivity contribution in [1.29, 1.82) is 0 Å². The predicted molar refractivity (Wildman–Crippen MR) is 109 cm³/mol. The van der Waals surface area contributed by atoms with Gasteiger partial charge in [-0.15, -0.1) is 11.3 Å². The van der Waals surface area contributed by atoms with Crippen molar-refractivity contribution in [1.82, 2.24) is 4.57 Å².